The molecule has 6 heteroatoms. The highest BCUT2D eigenvalue weighted by atomic mass is 16.5. The van der Waals surface area contributed by atoms with Gasteiger partial charge in [-0.2, -0.15) is 0 Å². The first kappa shape index (κ1) is 21.0. The zero-order valence-electron chi connectivity index (χ0n) is 17.0. The summed E-state index contributed by atoms with van der Waals surface area (Å²) in [5.41, 5.74) is 1.59. The maximum absolute atomic E-state index is 12.2. The standard InChI is InChI=1S/C23H30N2O4/c1-2-3-13-27-21-7-4-6-19(15-21)24-16-23(26)25-18-9-11-20(12-10-18)29-17-22-8-5-14-28-22/h4,6-7,9-12,15,22,24H,2-3,5,8,13-14,16-17H2,1H3,(H,25,26). The monoisotopic (exact) mass is 398 g/mol. The number of hydrogen-bond acceptors (Lipinski definition) is 5. The number of amides is 1. The summed E-state index contributed by atoms with van der Waals surface area (Å²) in [5, 5.41) is 6.01. The number of hydrogen-bond donors (Lipinski definition) is 2. The van der Waals surface area contributed by atoms with Crippen LogP contribution in [0.3, 0.4) is 0 Å². The van der Waals surface area contributed by atoms with Gasteiger partial charge in [-0.15, -0.1) is 0 Å². The quantitative estimate of drug-likeness (QED) is 0.547. The maximum Gasteiger partial charge on any atom is 0.243 e. The SMILES string of the molecule is CCCCOc1cccc(NCC(=O)Nc2ccc(OCC3CCCO3)cc2)c1. The Kier molecular flexibility index (Phi) is 8.19. The maximum atomic E-state index is 12.2. The molecule has 0 aromatic heterocycles. The van der Waals surface area contributed by atoms with Crippen LogP contribution in [0.4, 0.5) is 11.4 Å². The second-order valence-corrected chi connectivity index (χ2v) is 7.10. The van der Waals surface area contributed by atoms with Crippen LogP contribution in [0.1, 0.15) is 32.6 Å². The van der Waals surface area contributed by atoms with Gasteiger partial charge >= 0.3 is 0 Å². The van der Waals surface area contributed by atoms with Gasteiger partial charge in [-0.3, -0.25) is 4.79 Å². The Morgan fingerprint density at radius 3 is 2.72 bits per heavy atom. The number of ether oxygens (including phenoxy) is 3. The number of rotatable bonds is 11. The van der Waals surface area contributed by atoms with E-state index in [9.17, 15) is 4.79 Å². The third kappa shape index (κ3) is 7.31. The van der Waals surface area contributed by atoms with Gasteiger partial charge in [0.05, 0.1) is 19.3 Å². The van der Waals surface area contributed by atoms with E-state index in [-0.39, 0.29) is 18.6 Å². The van der Waals surface area contributed by atoms with Crippen molar-refractivity contribution in [3.8, 4) is 11.5 Å². The van der Waals surface area contributed by atoms with E-state index in [0.29, 0.717) is 13.2 Å². The van der Waals surface area contributed by atoms with Gasteiger partial charge in [-0.1, -0.05) is 19.4 Å². The van der Waals surface area contributed by atoms with E-state index in [1.54, 1.807) is 0 Å². The van der Waals surface area contributed by atoms with Crippen molar-refractivity contribution >= 4 is 17.3 Å². The molecule has 1 amide bonds. The molecule has 0 radical (unpaired) electrons. The van der Waals surface area contributed by atoms with Crippen molar-refractivity contribution in [2.45, 2.75) is 38.7 Å². The van der Waals surface area contributed by atoms with Crippen molar-refractivity contribution in [2.75, 3.05) is 37.0 Å². The van der Waals surface area contributed by atoms with Crippen LogP contribution < -0.4 is 20.1 Å². The topological polar surface area (TPSA) is 68.8 Å². The van der Waals surface area contributed by atoms with Crippen molar-refractivity contribution < 1.29 is 19.0 Å². The lowest BCUT2D eigenvalue weighted by atomic mass is 10.2. The molecule has 156 valence electrons. The summed E-state index contributed by atoms with van der Waals surface area (Å²) >= 11 is 0. The van der Waals surface area contributed by atoms with Crippen molar-refractivity contribution in [3.63, 3.8) is 0 Å². The summed E-state index contributed by atoms with van der Waals surface area (Å²) in [7, 11) is 0. The molecule has 29 heavy (non-hydrogen) atoms. The van der Waals surface area contributed by atoms with Crippen LogP contribution in [0.15, 0.2) is 48.5 Å². The molecule has 6 nitrogen and oxygen atoms in total. The number of unbranched alkanes of at least 4 members (excludes halogenated alkanes) is 1. The summed E-state index contributed by atoms with van der Waals surface area (Å²) in [4.78, 5) is 12.2. The number of nitrogens with one attached hydrogen (secondary N) is 2. The Bertz CT molecular complexity index is 758. The Hall–Kier alpha value is -2.73. The van der Waals surface area contributed by atoms with Gasteiger partial charge in [0.2, 0.25) is 5.91 Å². The highest BCUT2D eigenvalue weighted by molar-refractivity contribution is 5.93. The largest absolute Gasteiger partial charge is 0.494 e. The van der Waals surface area contributed by atoms with Crippen LogP contribution in [0.2, 0.25) is 0 Å². The number of benzene rings is 2. The molecule has 1 unspecified atom stereocenters. The van der Waals surface area contributed by atoms with Gasteiger partial charge in [-0.25, -0.2) is 0 Å². The van der Waals surface area contributed by atoms with Crippen LogP contribution in [-0.4, -0.2) is 38.4 Å². The molecule has 1 aliphatic heterocycles. The fourth-order valence-corrected chi connectivity index (χ4v) is 3.02. The zero-order chi connectivity index (χ0) is 20.3. The molecule has 1 heterocycles. The van der Waals surface area contributed by atoms with E-state index in [0.717, 1.165) is 55.2 Å². The Labute approximate surface area is 172 Å². The number of carbonyl (C=O) groups is 1. The predicted molar refractivity (Wildman–Crippen MR) is 115 cm³/mol. The van der Waals surface area contributed by atoms with Gasteiger partial charge in [0.25, 0.3) is 0 Å². The molecule has 0 bridgehead atoms. The van der Waals surface area contributed by atoms with Gasteiger partial charge in [0.1, 0.15) is 18.1 Å². The summed E-state index contributed by atoms with van der Waals surface area (Å²) in [5.74, 6) is 1.47. The molecule has 1 saturated heterocycles. The lowest BCUT2D eigenvalue weighted by Crippen LogP contribution is -2.21. The molecule has 0 saturated carbocycles. The van der Waals surface area contributed by atoms with Crippen LogP contribution in [0, 0.1) is 0 Å². The molecular formula is C23H30N2O4. The highest BCUT2D eigenvalue weighted by Gasteiger charge is 2.15. The average Bonchev–Trinajstić information content (AvgIpc) is 3.26. The molecule has 3 rings (SSSR count). The minimum absolute atomic E-state index is 0.115. The minimum Gasteiger partial charge on any atom is -0.494 e. The highest BCUT2D eigenvalue weighted by Crippen LogP contribution is 2.19. The number of anilines is 2. The molecule has 1 fully saturated rings. The van der Waals surface area contributed by atoms with E-state index >= 15 is 0 Å². The second kappa shape index (κ2) is 11.3. The number of carbonyl (C=O) groups excluding carboxylic acids is 1. The first-order chi connectivity index (χ1) is 14.2. The van der Waals surface area contributed by atoms with E-state index in [1.807, 2.05) is 48.5 Å². The molecule has 2 aromatic rings. The average molecular weight is 399 g/mol. The van der Waals surface area contributed by atoms with Gasteiger partial charge in [-0.05, 0) is 55.7 Å². The summed E-state index contributed by atoms with van der Waals surface area (Å²) in [6.45, 7) is 4.40. The lowest BCUT2D eigenvalue weighted by Gasteiger charge is -2.12. The molecule has 0 aliphatic carbocycles. The van der Waals surface area contributed by atoms with Crippen LogP contribution >= 0.6 is 0 Å². The van der Waals surface area contributed by atoms with E-state index in [2.05, 4.69) is 17.6 Å². The smallest absolute Gasteiger partial charge is 0.243 e. The fourth-order valence-electron chi connectivity index (χ4n) is 3.02. The van der Waals surface area contributed by atoms with Gasteiger partial charge in [0.15, 0.2) is 0 Å². The molecular weight excluding hydrogens is 368 g/mol. The minimum atomic E-state index is -0.115. The first-order valence-electron chi connectivity index (χ1n) is 10.3. The summed E-state index contributed by atoms with van der Waals surface area (Å²) < 4.78 is 17.0. The molecule has 1 aliphatic rings. The van der Waals surface area contributed by atoms with E-state index in [1.165, 1.54) is 0 Å². The van der Waals surface area contributed by atoms with Crippen molar-refractivity contribution in [1.29, 1.82) is 0 Å². The Balaban J connectivity index is 1.40. The molecule has 2 N–H and O–H groups in total. The predicted octanol–water partition coefficient (Wildman–Crippen LogP) is 4.47. The molecule has 0 spiro atoms. The zero-order valence-corrected chi connectivity index (χ0v) is 17.0. The van der Waals surface area contributed by atoms with Crippen LogP contribution in [-0.2, 0) is 9.53 Å². The van der Waals surface area contributed by atoms with E-state index < -0.39 is 0 Å². The van der Waals surface area contributed by atoms with Gasteiger partial charge in [0, 0.05) is 24.0 Å². The lowest BCUT2D eigenvalue weighted by molar-refractivity contribution is -0.114. The van der Waals surface area contributed by atoms with Crippen molar-refractivity contribution in [3.05, 3.63) is 48.5 Å². The fraction of sp³-hybridized carbons (Fsp3) is 0.435. The van der Waals surface area contributed by atoms with E-state index in [4.69, 9.17) is 14.2 Å². The second-order valence-electron chi connectivity index (χ2n) is 7.10. The van der Waals surface area contributed by atoms with Crippen LogP contribution in [0.25, 0.3) is 0 Å². The Morgan fingerprint density at radius 1 is 1.10 bits per heavy atom. The van der Waals surface area contributed by atoms with Crippen LogP contribution in [0.5, 0.6) is 11.5 Å². The Morgan fingerprint density at radius 2 is 1.97 bits per heavy atom. The van der Waals surface area contributed by atoms with Crippen molar-refractivity contribution in [2.24, 2.45) is 0 Å². The summed E-state index contributed by atoms with van der Waals surface area (Å²) in [6.07, 6.45) is 4.47. The van der Waals surface area contributed by atoms with Gasteiger partial charge < -0.3 is 24.8 Å². The van der Waals surface area contributed by atoms with Crippen molar-refractivity contribution in [1.82, 2.24) is 0 Å². The summed E-state index contributed by atoms with van der Waals surface area (Å²) in [6, 6.07) is 15.0. The third-order valence-electron chi connectivity index (χ3n) is 4.65. The molecule has 1 atom stereocenters. The molecule has 2 aromatic carbocycles. The third-order valence-corrected chi connectivity index (χ3v) is 4.65. The first-order valence-corrected chi connectivity index (χ1v) is 10.3. The normalized spacial score (nSPS) is 15.7.